The zero-order chi connectivity index (χ0) is 23.2. The molecule has 0 aliphatic carbocycles. The average Bonchev–Trinajstić information content (AvgIpc) is 3.22. The summed E-state index contributed by atoms with van der Waals surface area (Å²) < 4.78 is 21.3. The number of aliphatic hydroxyl groups excluding tert-OH is 1. The molecule has 178 valence electrons. The van der Waals surface area contributed by atoms with Gasteiger partial charge in [-0.3, -0.25) is 9.69 Å². The predicted octanol–water partition coefficient (Wildman–Crippen LogP) is 2.06. The Balaban J connectivity index is 1.08. The Morgan fingerprint density at radius 2 is 2.06 bits per heavy atom. The highest BCUT2D eigenvalue weighted by Gasteiger charge is 2.29. The smallest absolute Gasteiger partial charge is 0.255 e. The Kier molecular flexibility index (Phi) is 5.55. The zero-order valence-corrected chi connectivity index (χ0v) is 19.0. The minimum atomic E-state index is -0.971. The van der Waals surface area contributed by atoms with Crippen molar-refractivity contribution in [3.05, 3.63) is 62.8 Å². The summed E-state index contributed by atoms with van der Waals surface area (Å²) in [4.78, 5) is 15.4. The third kappa shape index (κ3) is 3.87. The Labute approximate surface area is 196 Å². The van der Waals surface area contributed by atoms with Crippen molar-refractivity contribution in [1.29, 1.82) is 0 Å². The topological polar surface area (TPSA) is 92.5 Å². The Hall–Kier alpha value is -2.88. The summed E-state index contributed by atoms with van der Waals surface area (Å²) in [5, 5.41) is 23.2. The first-order valence-electron chi connectivity index (χ1n) is 12.0. The number of likely N-dealkylation sites (tertiary alicyclic amines) is 1. The molecule has 1 unspecified atom stereocenters. The van der Waals surface area contributed by atoms with Gasteiger partial charge in [-0.15, -0.1) is 5.10 Å². The average molecular weight is 466 g/mol. The number of piperidine rings is 1. The number of nitrogens with zero attached hydrogens (tertiary/aromatic N) is 4. The molecule has 0 radical (unpaired) electrons. The summed E-state index contributed by atoms with van der Waals surface area (Å²) in [6.07, 6.45) is 3.00. The summed E-state index contributed by atoms with van der Waals surface area (Å²) in [5.74, 6) is 0.213. The van der Waals surface area contributed by atoms with Gasteiger partial charge in [0.15, 0.2) is 0 Å². The fraction of sp³-hybridized carbons (Fsp3) is 0.480. The molecule has 2 aromatic heterocycles. The largest absolute Gasteiger partial charge is 0.476 e. The predicted molar refractivity (Wildman–Crippen MR) is 124 cm³/mol. The quantitative estimate of drug-likeness (QED) is 0.596. The van der Waals surface area contributed by atoms with E-state index in [4.69, 9.17) is 4.74 Å². The number of hydrogen-bond donors (Lipinski definition) is 2. The van der Waals surface area contributed by atoms with Crippen LogP contribution in [0.15, 0.2) is 29.1 Å². The van der Waals surface area contributed by atoms with Crippen LogP contribution in [0, 0.1) is 5.82 Å². The molecule has 0 amide bonds. The van der Waals surface area contributed by atoms with Crippen LogP contribution >= 0.6 is 0 Å². The van der Waals surface area contributed by atoms with Crippen molar-refractivity contribution in [2.45, 2.75) is 57.5 Å². The molecule has 34 heavy (non-hydrogen) atoms. The SMILES string of the molecule is O=c1c(CN2CCC(NCc3cc4c(nn3)OCCC4)CC2)cc2ccc(F)c3c2n1CC3O. The lowest BCUT2D eigenvalue weighted by Gasteiger charge is -2.32. The number of ether oxygens (including phenoxy) is 1. The van der Waals surface area contributed by atoms with E-state index in [2.05, 4.69) is 26.5 Å². The van der Waals surface area contributed by atoms with E-state index in [-0.39, 0.29) is 17.7 Å². The highest BCUT2D eigenvalue weighted by molar-refractivity contribution is 5.84. The summed E-state index contributed by atoms with van der Waals surface area (Å²) >= 11 is 0. The van der Waals surface area contributed by atoms with Crippen LogP contribution in [-0.2, 0) is 26.1 Å². The summed E-state index contributed by atoms with van der Waals surface area (Å²) in [6.45, 7) is 3.84. The lowest BCUT2D eigenvalue weighted by Crippen LogP contribution is -2.42. The van der Waals surface area contributed by atoms with Crippen molar-refractivity contribution in [2.75, 3.05) is 19.7 Å². The van der Waals surface area contributed by atoms with Crippen molar-refractivity contribution in [2.24, 2.45) is 0 Å². The third-order valence-corrected chi connectivity index (χ3v) is 7.27. The molecule has 3 aliphatic heterocycles. The molecule has 3 aliphatic rings. The number of halogens is 1. The van der Waals surface area contributed by atoms with Crippen LogP contribution in [0.4, 0.5) is 4.39 Å². The van der Waals surface area contributed by atoms with Gasteiger partial charge in [0.1, 0.15) is 11.9 Å². The number of pyridine rings is 1. The first-order valence-corrected chi connectivity index (χ1v) is 12.0. The van der Waals surface area contributed by atoms with Gasteiger partial charge >= 0.3 is 0 Å². The van der Waals surface area contributed by atoms with Gasteiger partial charge in [0, 0.05) is 35.8 Å². The van der Waals surface area contributed by atoms with Crippen LogP contribution in [0.5, 0.6) is 5.88 Å². The van der Waals surface area contributed by atoms with Crippen molar-refractivity contribution in [3.8, 4) is 5.88 Å². The molecule has 1 aromatic carbocycles. The number of aliphatic hydroxyl groups is 1. The van der Waals surface area contributed by atoms with E-state index in [1.165, 1.54) is 10.6 Å². The number of nitrogens with one attached hydrogen (secondary N) is 1. The number of hydrogen-bond acceptors (Lipinski definition) is 7. The maximum absolute atomic E-state index is 14.2. The molecule has 8 nitrogen and oxygen atoms in total. The fourth-order valence-electron chi connectivity index (χ4n) is 5.48. The van der Waals surface area contributed by atoms with Gasteiger partial charge in [-0.05, 0) is 68.4 Å². The number of benzene rings is 1. The molecule has 2 N–H and O–H groups in total. The number of aryl methyl sites for hydroxylation is 1. The van der Waals surface area contributed by atoms with Gasteiger partial charge in [-0.2, -0.15) is 5.10 Å². The third-order valence-electron chi connectivity index (χ3n) is 7.27. The van der Waals surface area contributed by atoms with Crippen molar-refractivity contribution < 1.29 is 14.2 Å². The highest BCUT2D eigenvalue weighted by atomic mass is 19.1. The first-order chi connectivity index (χ1) is 16.6. The molecular weight excluding hydrogens is 437 g/mol. The minimum Gasteiger partial charge on any atom is -0.476 e. The normalized spacial score (nSPS) is 20.5. The second kappa shape index (κ2) is 8.72. The van der Waals surface area contributed by atoms with E-state index in [1.54, 1.807) is 6.07 Å². The van der Waals surface area contributed by atoms with E-state index in [1.807, 2.05) is 6.07 Å². The van der Waals surface area contributed by atoms with Gasteiger partial charge in [0.2, 0.25) is 5.88 Å². The lowest BCUT2D eigenvalue weighted by atomic mass is 10.0. The summed E-state index contributed by atoms with van der Waals surface area (Å²) in [6, 6.07) is 7.41. The van der Waals surface area contributed by atoms with E-state index in [0.29, 0.717) is 42.7 Å². The van der Waals surface area contributed by atoms with Gasteiger partial charge in [0.05, 0.1) is 24.4 Å². The molecule has 1 fully saturated rings. The number of fused-ring (bicyclic) bond motifs is 1. The van der Waals surface area contributed by atoms with E-state index < -0.39 is 11.9 Å². The second-order valence-electron chi connectivity index (χ2n) is 9.55. The lowest BCUT2D eigenvalue weighted by molar-refractivity contribution is 0.164. The molecule has 1 saturated heterocycles. The van der Waals surface area contributed by atoms with Crippen LogP contribution in [0.1, 0.15) is 47.8 Å². The zero-order valence-electron chi connectivity index (χ0n) is 19.0. The molecule has 0 spiro atoms. The molecular formula is C25H28FN5O3. The fourth-order valence-corrected chi connectivity index (χ4v) is 5.48. The molecule has 9 heteroatoms. The van der Waals surface area contributed by atoms with Gasteiger partial charge < -0.3 is 19.7 Å². The summed E-state index contributed by atoms with van der Waals surface area (Å²) in [5.41, 5.74) is 3.40. The Morgan fingerprint density at radius 1 is 1.21 bits per heavy atom. The van der Waals surface area contributed by atoms with E-state index in [0.717, 1.165) is 55.4 Å². The van der Waals surface area contributed by atoms with Crippen LogP contribution in [0.3, 0.4) is 0 Å². The van der Waals surface area contributed by atoms with Crippen LogP contribution in [0.25, 0.3) is 10.9 Å². The molecule has 1 atom stereocenters. The maximum Gasteiger partial charge on any atom is 0.255 e. The van der Waals surface area contributed by atoms with E-state index in [9.17, 15) is 14.3 Å². The van der Waals surface area contributed by atoms with E-state index >= 15 is 0 Å². The Bertz CT molecular complexity index is 1300. The monoisotopic (exact) mass is 465 g/mol. The Morgan fingerprint density at radius 3 is 2.91 bits per heavy atom. The minimum absolute atomic E-state index is 0.114. The molecule has 3 aromatic rings. The van der Waals surface area contributed by atoms with Crippen molar-refractivity contribution >= 4 is 10.9 Å². The molecule has 5 heterocycles. The molecule has 6 rings (SSSR count). The highest BCUT2D eigenvalue weighted by Crippen LogP contribution is 2.33. The van der Waals surface area contributed by atoms with Gasteiger partial charge in [-0.1, -0.05) is 0 Å². The van der Waals surface area contributed by atoms with Crippen LogP contribution in [0.2, 0.25) is 0 Å². The standard InChI is InChI=1S/C25H28FN5O3/c26-20-4-3-15-10-17(25(33)31-14-21(32)22(20)23(15)31)13-30-7-5-18(6-8-30)27-12-19-11-16-2-1-9-34-24(16)29-28-19/h3-4,10-11,18,21,27,32H,1-2,5-9,12-14H2. The van der Waals surface area contributed by atoms with Crippen molar-refractivity contribution in [1.82, 2.24) is 25.0 Å². The first kappa shape index (κ1) is 21.6. The van der Waals surface area contributed by atoms with Crippen LogP contribution in [-0.4, -0.2) is 50.5 Å². The summed E-state index contributed by atoms with van der Waals surface area (Å²) in [7, 11) is 0. The molecule has 0 bridgehead atoms. The van der Waals surface area contributed by atoms with Crippen molar-refractivity contribution in [3.63, 3.8) is 0 Å². The van der Waals surface area contributed by atoms with Gasteiger partial charge in [-0.25, -0.2) is 4.39 Å². The molecule has 0 saturated carbocycles. The number of rotatable bonds is 5. The van der Waals surface area contributed by atoms with Crippen LogP contribution < -0.4 is 15.6 Å². The number of aromatic nitrogens is 3. The van der Waals surface area contributed by atoms with Gasteiger partial charge in [0.25, 0.3) is 5.56 Å². The maximum atomic E-state index is 14.2. The second-order valence-corrected chi connectivity index (χ2v) is 9.55.